The lowest BCUT2D eigenvalue weighted by atomic mass is 9.91. The van der Waals surface area contributed by atoms with E-state index in [2.05, 4.69) is 0 Å². The lowest BCUT2D eigenvalue weighted by Crippen LogP contribution is -2.42. The van der Waals surface area contributed by atoms with Gasteiger partial charge in [0, 0.05) is 6.54 Å². The van der Waals surface area contributed by atoms with Crippen LogP contribution in [0.2, 0.25) is 0 Å². The van der Waals surface area contributed by atoms with E-state index in [1.807, 2.05) is 12.1 Å². The van der Waals surface area contributed by atoms with E-state index in [9.17, 15) is 9.18 Å². The van der Waals surface area contributed by atoms with E-state index in [0.717, 1.165) is 11.1 Å². The minimum atomic E-state index is -0.438. The van der Waals surface area contributed by atoms with Gasteiger partial charge >= 0.3 is 0 Å². The minimum Gasteiger partial charge on any atom is -0.493 e. The Morgan fingerprint density at radius 1 is 0.914 bits per heavy atom. The molecule has 35 heavy (non-hydrogen) atoms. The van der Waals surface area contributed by atoms with Gasteiger partial charge in [0.05, 0.1) is 40.0 Å². The highest BCUT2D eigenvalue weighted by molar-refractivity contribution is 5.98. The standard InChI is InChI=1S/C27H28FNO6/c1-31-23-7-5-6-20(26(23)34-4)27(30)29-13-12-17-14-24(32-2)25(33-3)15-21(17)22(29)16-35-19-10-8-18(28)9-11-19/h5-11,14-15,22H,12-13,16H2,1-4H3/t22-/m0/s1. The van der Waals surface area contributed by atoms with Gasteiger partial charge in [-0.1, -0.05) is 6.07 Å². The van der Waals surface area contributed by atoms with Gasteiger partial charge < -0.3 is 28.6 Å². The Morgan fingerprint density at radius 3 is 2.26 bits per heavy atom. The summed E-state index contributed by atoms with van der Waals surface area (Å²) in [5.41, 5.74) is 2.32. The zero-order valence-corrected chi connectivity index (χ0v) is 20.2. The lowest BCUT2D eigenvalue weighted by molar-refractivity contribution is 0.0585. The summed E-state index contributed by atoms with van der Waals surface area (Å²) >= 11 is 0. The van der Waals surface area contributed by atoms with Crippen LogP contribution in [0.25, 0.3) is 0 Å². The van der Waals surface area contributed by atoms with Crippen LogP contribution < -0.4 is 23.7 Å². The Kier molecular flexibility index (Phi) is 7.29. The van der Waals surface area contributed by atoms with Gasteiger partial charge in [0.15, 0.2) is 23.0 Å². The molecule has 7 nitrogen and oxygen atoms in total. The predicted octanol–water partition coefficient (Wildman–Crippen LogP) is 4.68. The zero-order chi connectivity index (χ0) is 24.9. The largest absolute Gasteiger partial charge is 0.493 e. The second kappa shape index (κ2) is 10.5. The number of halogens is 1. The minimum absolute atomic E-state index is 0.159. The first-order valence-corrected chi connectivity index (χ1v) is 11.2. The first-order valence-electron chi connectivity index (χ1n) is 11.2. The Bertz CT molecular complexity index is 1200. The maximum absolute atomic E-state index is 13.8. The van der Waals surface area contributed by atoms with Crippen molar-refractivity contribution in [3.63, 3.8) is 0 Å². The van der Waals surface area contributed by atoms with E-state index in [0.29, 0.717) is 47.3 Å². The van der Waals surface area contributed by atoms with Crippen LogP contribution in [0.4, 0.5) is 4.39 Å². The quantitative estimate of drug-likeness (QED) is 0.466. The molecule has 1 aliphatic rings. The number of carbonyl (C=O) groups is 1. The number of hydrogen-bond donors (Lipinski definition) is 0. The number of amides is 1. The van der Waals surface area contributed by atoms with Crippen molar-refractivity contribution in [3.8, 4) is 28.7 Å². The van der Waals surface area contributed by atoms with E-state index in [4.69, 9.17) is 23.7 Å². The molecule has 1 amide bonds. The number of nitrogens with zero attached hydrogens (tertiary/aromatic N) is 1. The van der Waals surface area contributed by atoms with Gasteiger partial charge in [-0.15, -0.1) is 0 Å². The molecule has 0 fully saturated rings. The van der Waals surface area contributed by atoms with Crippen LogP contribution >= 0.6 is 0 Å². The van der Waals surface area contributed by atoms with E-state index >= 15 is 0 Å². The Labute approximate surface area is 203 Å². The Morgan fingerprint density at radius 2 is 1.60 bits per heavy atom. The first-order chi connectivity index (χ1) is 17.0. The third-order valence-corrected chi connectivity index (χ3v) is 6.12. The molecule has 0 aliphatic carbocycles. The van der Waals surface area contributed by atoms with Crippen LogP contribution in [0.5, 0.6) is 28.7 Å². The summed E-state index contributed by atoms with van der Waals surface area (Å²) < 4.78 is 41.3. The van der Waals surface area contributed by atoms with Crippen molar-refractivity contribution in [1.29, 1.82) is 0 Å². The summed E-state index contributed by atoms with van der Waals surface area (Å²) in [6, 6.07) is 14.4. The SMILES string of the molecule is COc1cc2c(cc1OC)[C@H](COc1ccc(F)cc1)N(C(=O)c1cccc(OC)c1OC)CC2. The van der Waals surface area contributed by atoms with E-state index in [1.165, 1.54) is 26.4 Å². The molecule has 0 N–H and O–H groups in total. The highest BCUT2D eigenvalue weighted by Gasteiger charge is 2.35. The highest BCUT2D eigenvalue weighted by atomic mass is 19.1. The van der Waals surface area contributed by atoms with Gasteiger partial charge in [-0.05, 0) is 66.1 Å². The zero-order valence-electron chi connectivity index (χ0n) is 20.2. The van der Waals surface area contributed by atoms with Crippen LogP contribution in [0.15, 0.2) is 54.6 Å². The summed E-state index contributed by atoms with van der Waals surface area (Å²) in [5, 5.41) is 0. The molecule has 184 valence electrons. The molecule has 0 saturated heterocycles. The van der Waals surface area contributed by atoms with E-state index < -0.39 is 6.04 Å². The van der Waals surface area contributed by atoms with Crippen molar-refractivity contribution >= 4 is 5.91 Å². The van der Waals surface area contributed by atoms with E-state index in [-0.39, 0.29) is 18.3 Å². The molecule has 3 aromatic rings. The number of hydrogen-bond acceptors (Lipinski definition) is 6. The number of ether oxygens (including phenoxy) is 5. The number of fused-ring (bicyclic) bond motifs is 1. The highest BCUT2D eigenvalue weighted by Crippen LogP contribution is 2.40. The van der Waals surface area contributed by atoms with Crippen molar-refractivity contribution in [2.45, 2.75) is 12.5 Å². The van der Waals surface area contributed by atoms with E-state index in [1.54, 1.807) is 49.5 Å². The first kappa shape index (κ1) is 24.2. The molecular weight excluding hydrogens is 453 g/mol. The van der Waals surface area contributed by atoms with Crippen LogP contribution in [0, 0.1) is 5.82 Å². The van der Waals surface area contributed by atoms with Crippen molar-refractivity contribution < 1.29 is 32.9 Å². The molecule has 1 heterocycles. The van der Waals surface area contributed by atoms with Crippen LogP contribution in [-0.4, -0.2) is 52.4 Å². The monoisotopic (exact) mass is 481 g/mol. The van der Waals surface area contributed by atoms with Crippen LogP contribution in [-0.2, 0) is 6.42 Å². The smallest absolute Gasteiger partial charge is 0.258 e. The number of para-hydroxylation sites is 1. The normalized spacial score (nSPS) is 14.7. The lowest BCUT2D eigenvalue weighted by Gasteiger charge is -2.38. The van der Waals surface area contributed by atoms with Gasteiger partial charge in [-0.3, -0.25) is 4.79 Å². The van der Waals surface area contributed by atoms with Crippen molar-refractivity contribution in [2.75, 3.05) is 41.6 Å². The topological polar surface area (TPSA) is 66.5 Å². The van der Waals surface area contributed by atoms with Crippen LogP contribution in [0.3, 0.4) is 0 Å². The third-order valence-electron chi connectivity index (χ3n) is 6.12. The summed E-state index contributed by atoms with van der Waals surface area (Å²) in [6.45, 7) is 0.616. The molecule has 0 spiro atoms. The molecule has 1 atom stereocenters. The molecule has 0 radical (unpaired) electrons. The van der Waals surface area contributed by atoms with Crippen LogP contribution in [0.1, 0.15) is 27.5 Å². The average molecular weight is 482 g/mol. The summed E-state index contributed by atoms with van der Waals surface area (Å²) in [6.07, 6.45) is 0.626. The maximum atomic E-state index is 13.8. The molecular formula is C27H28FNO6. The Hall–Kier alpha value is -3.94. The molecule has 0 aromatic heterocycles. The van der Waals surface area contributed by atoms with Crippen molar-refractivity contribution in [2.24, 2.45) is 0 Å². The van der Waals surface area contributed by atoms with Gasteiger partial charge in [-0.2, -0.15) is 0 Å². The fraction of sp³-hybridized carbons (Fsp3) is 0.296. The van der Waals surface area contributed by atoms with Gasteiger partial charge in [0.1, 0.15) is 18.2 Å². The molecule has 1 aliphatic heterocycles. The molecule has 8 heteroatoms. The maximum Gasteiger partial charge on any atom is 0.258 e. The summed E-state index contributed by atoms with van der Waals surface area (Å²) in [4.78, 5) is 15.6. The van der Waals surface area contributed by atoms with Gasteiger partial charge in [0.25, 0.3) is 5.91 Å². The van der Waals surface area contributed by atoms with Crippen molar-refractivity contribution in [3.05, 3.63) is 77.1 Å². The molecule has 4 rings (SSSR count). The molecule has 0 saturated carbocycles. The summed E-state index contributed by atoms with van der Waals surface area (Å²) in [5.74, 6) is 1.97. The fourth-order valence-electron chi connectivity index (χ4n) is 4.37. The van der Waals surface area contributed by atoms with Gasteiger partial charge in [0.2, 0.25) is 0 Å². The average Bonchev–Trinajstić information content (AvgIpc) is 2.90. The molecule has 0 bridgehead atoms. The number of rotatable bonds is 8. The Balaban J connectivity index is 1.74. The number of benzene rings is 3. The second-order valence-electron chi connectivity index (χ2n) is 7.98. The fourth-order valence-corrected chi connectivity index (χ4v) is 4.37. The number of carbonyl (C=O) groups excluding carboxylic acids is 1. The summed E-state index contributed by atoms with van der Waals surface area (Å²) in [7, 11) is 6.20. The van der Waals surface area contributed by atoms with Gasteiger partial charge in [-0.25, -0.2) is 4.39 Å². The number of methoxy groups -OCH3 is 4. The second-order valence-corrected chi connectivity index (χ2v) is 7.98. The predicted molar refractivity (Wildman–Crippen MR) is 128 cm³/mol. The third kappa shape index (κ3) is 4.82. The molecule has 0 unspecified atom stereocenters. The molecule has 3 aromatic carbocycles. The van der Waals surface area contributed by atoms with Crippen molar-refractivity contribution in [1.82, 2.24) is 4.90 Å².